The van der Waals surface area contributed by atoms with Crippen molar-refractivity contribution in [3.05, 3.63) is 0 Å². The molecule has 2 atom stereocenters. The van der Waals surface area contributed by atoms with E-state index in [9.17, 15) is 13.2 Å². The quantitative estimate of drug-likeness (QED) is 0.849. The van der Waals surface area contributed by atoms with E-state index in [1.165, 1.54) is 4.31 Å². The fourth-order valence-electron chi connectivity index (χ4n) is 2.42. The van der Waals surface area contributed by atoms with E-state index in [0.717, 1.165) is 0 Å². The molecule has 0 aromatic rings. The first kappa shape index (κ1) is 15.4. The molecule has 0 spiro atoms. The zero-order valence-corrected chi connectivity index (χ0v) is 12.3. The summed E-state index contributed by atoms with van der Waals surface area (Å²) in [5.74, 6) is -1.14. The summed E-state index contributed by atoms with van der Waals surface area (Å²) in [4.78, 5) is 10.9. The molecule has 1 fully saturated rings. The molecule has 1 aliphatic heterocycles. The van der Waals surface area contributed by atoms with Crippen molar-refractivity contribution < 1.29 is 18.3 Å². The lowest BCUT2D eigenvalue weighted by Gasteiger charge is -2.36. The number of nitrogens with zero attached hydrogens (tertiary/aromatic N) is 1. The monoisotopic (exact) mass is 277 g/mol. The maximum Gasteiger partial charge on any atom is 0.306 e. The minimum Gasteiger partial charge on any atom is -0.481 e. The van der Waals surface area contributed by atoms with Crippen LogP contribution < -0.4 is 0 Å². The number of aliphatic carboxylic acids is 1. The van der Waals surface area contributed by atoms with Crippen LogP contribution in [-0.2, 0) is 14.8 Å². The smallest absolute Gasteiger partial charge is 0.306 e. The lowest BCUT2D eigenvalue weighted by atomic mass is 9.93. The Morgan fingerprint density at radius 1 is 1.39 bits per heavy atom. The van der Waals surface area contributed by atoms with Gasteiger partial charge in [0.05, 0.1) is 11.7 Å². The van der Waals surface area contributed by atoms with Crippen LogP contribution in [0.5, 0.6) is 0 Å². The molecule has 1 saturated heterocycles. The third-order valence-electron chi connectivity index (χ3n) is 3.14. The van der Waals surface area contributed by atoms with Crippen LogP contribution >= 0.6 is 0 Å². The molecule has 2 unspecified atom stereocenters. The van der Waals surface area contributed by atoms with Crippen LogP contribution in [-0.4, -0.2) is 42.1 Å². The van der Waals surface area contributed by atoms with Gasteiger partial charge in [0.2, 0.25) is 10.0 Å². The summed E-state index contributed by atoms with van der Waals surface area (Å²) in [6, 6.07) is -0.229. The van der Waals surface area contributed by atoms with Crippen molar-refractivity contribution in [2.24, 2.45) is 11.3 Å². The van der Waals surface area contributed by atoms with Crippen LogP contribution in [0.15, 0.2) is 0 Å². The van der Waals surface area contributed by atoms with Gasteiger partial charge in [0.15, 0.2) is 0 Å². The Labute approximate surface area is 109 Å². The molecule has 0 aromatic carbocycles. The summed E-state index contributed by atoms with van der Waals surface area (Å²) in [6.45, 7) is 7.77. The summed E-state index contributed by atoms with van der Waals surface area (Å²) in [5.41, 5.74) is -0.289. The predicted octanol–water partition coefficient (Wildman–Crippen LogP) is 1.55. The topological polar surface area (TPSA) is 74.7 Å². The van der Waals surface area contributed by atoms with Gasteiger partial charge in [0, 0.05) is 12.6 Å². The summed E-state index contributed by atoms with van der Waals surface area (Å²) in [7, 11) is -3.30. The Morgan fingerprint density at radius 3 is 2.33 bits per heavy atom. The van der Waals surface area contributed by atoms with Gasteiger partial charge in [-0.15, -0.1) is 0 Å². The second kappa shape index (κ2) is 5.17. The number of hydrogen-bond donors (Lipinski definition) is 1. The van der Waals surface area contributed by atoms with E-state index < -0.39 is 21.9 Å². The molecule has 0 aromatic heterocycles. The minimum atomic E-state index is -3.30. The van der Waals surface area contributed by atoms with Crippen LogP contribution in [0.1, 0.15) is 40.5 Å². The van der Waals surface area contributed by atoms with Crippen LogP contribution in [0.4, 0.5) is 0 Å². The van der Waals surface area contributed by atoms with Crippen molar-refractivity contribution in [3.63, 3.8) is 0 Å². The van der Waals surface area contributed by atoms with E-state index in [-0.39, 0.29) is 17.2 Å². The molecule has 1 aliphatic rings. The summed E-state index contributed by atoms with van der Waals surface area (Å²) in [6.07, 6.45) is 0.807. The molecule has 0 amide bonds. The van der Waals surface area contributed by atoms with Gasteiger partial charge < -0.3 is 5.11 Å². The summed E-state index contributed by atoms with van der Waals surface area (Å²) >= 11 is 0. The van der Waals surface area contributed by atoms with Gasteiger partial charge in [0.25, 0.3) is 0 Å². The fraction of sp³-hybridized carbons (Fsp3) is 0.917. The highest BCUT2D eigenvalue weighted by molar-refractivity contribution is 7.89. The average Bonchev–Trinajstić information content (AvgIpc) is 2.12. The highest BCUT2D eigenvalue weighted by Crippen LogP contribution is 2.28. The van der Waals surface area contributed by atoms with E-state index in [2.05, 4.69) is 0 Å². The number of sulfonamides is 1. The number of carboxylic acids is 1. The molecule has 1 N–H and O–H groups in total. The molecule has 0 aliphatic carbocycles. The predicted molar refractivity (Wildman–Crippen MR) is 69.8 cm³/mol. The summed E-state index contributed by atoms with van der Waals surface area (Å²) < 4.78 is 26.0. The number of carboxylic acid groups (broad SMARTS) is 1. The van der Waals surface area contributed by atoms with Gasteiger partial charge in [-0.3, -0.25) is 4.79 Å². The van der Waals surface area contributed by atoms with Crippen molar-refractivity contribution in [1.82, 2.24) is 4.31 Å². The minimum absolute atomic E-state index is 0.0993. The first-order chi connectivity index (χ1) is 8.03. The van der Waals surface area contributed by atoms with Gasteiger partial charge in [-0.2, -0.15) is 4.31 Å². The standard InChI is InChI=1S/C12H23NO4S/c1-9-7-10(11(14)15)5-6-13(9)18(16,17)8-12(2,3)4/h9-10H,5-8H2,1-4H3,(H,14,15). The molecule has 5 nitrogen and oxygen atoms in total. The highest BCUT2D eigenvalue weighted by Gasteiger charge is 2.37. The van der Waals surface area contributed by atoms with Crippen LogP contribution in [0, 0.1) is 11.3 Å². The van der Waals surface area contributed by atoms with Crippen LogP contribution in [0.2, 0.25) is 0 Å². The molecule has 18 heavy (non-hydrogen) atoms. The van der Waals surface area contributed by atoms with Crippen LogP contribution in [0.3, 0.4) is 0 Å². The molecular weight excluding hydrogens is 254 g/mol. The van der Waals surface area contributed by atoms with Gasteiger partial charge in [-0.25, -0.2) is 8.42 Å². The Balaban J connectivity index is 2.78. The number of rotatable bonds is 3. The number of carbonyl (C=O) groups is 1. The molecule has 106 valence electrons. The first-order valence-corrected chi connectivity index (χ1v) is 7.86. The molecule has 0 radical (unpaired) electrons. The Hall–Kier alpha value is -0.620. The Bertz CT molecular complexity index is 410. The van der Waals surface area contributed by atoms with Crippen molar-refractivity contribution in [2.75, 3.05) is 12.3 Å². The normalized spacial score (nSPS) is 27.1. The second-order valence-corrected chi connectivity index (χ2v) is 8.26. The SMILES string of the molecule is CC1CC(C(=O)O)CCN1S(=O)(=O)CC(C)(C)C. The maximum absolute atomic E-state index is 12.3. The lowest BCUT2D eigenvalue weighted by molar-refractivity contribution is -0.143. The van der Waals surface area contributed by atoms with Crippen molar-refractivity contribution in [1.29, 1.82) is 0 Å². The van der Waals surface area contributed by atoms with Crippen molar-refractivity contribution in [2.45, 2.75) is 46.6 Å². The second-order valence-electron chi connectivity index (χ2n) is 6.34. The molecule has 6 heteroatoms. The van der Waals surface area contributed by atoms with E-state index in [0.29, 0.717) is 19.4 Å². The van der Waals surface area contributed by atoms with E-state index in [4.69, 9.17) is 5.11 Å². The molecule has 1 rings (SSSR count). The third kappa shape index (κ3) is 3.95. The van der Waals surface area contributed by atoms with E-state index in [1.807, 2.05) is 20.8 Å². The molecule has 1 heterocycles. The molecular formula is C12H23NO4S. The fourth-order valence-corrected chi connectivity index (χ4v) is 4.70. The van der Waals surface area contributed by atoms with E-state index in [1.54, 1.807) is 6.92 Å². The largest absolute Gasteiger partial charge is 0.481 e. The Kier molecular flexibility index (Phi) is 4.43. The van der Waals surface area contributed by atoms with Crippen molar-refractivity contribution >= 4 is 16.0 Å². The van der Waals surface area contributed by atoms with Gasteiger partial charge in [-0.1, -0.05) is 20.8 Å². The maximum atomic E-state index is 12.3. The first-order valence-electron chi connectivity index (χ1n) is 6.25. The molecule has 0 saturated carbocycles. The number of piperidine rings is 1. The lowest BCUT2D eigenvalue weighted by Crippen LogP contribution is -2.48. The van der Waals surface area contributed by atoms with Gasteiger partial charge in [0.1, 0.15) is 0 Å². The highest BCUT2D eigenvalue weighted by atomic mass is 32.2. The third-order valence-corrected chi connectivity index (χ3v) is 5.63. The molecule has 0 bridgehead atoms. The van der Waals surface area contributed by atoms with Crippen molar-refractivity contribution in [3.8, 4) is 0 Å². The van der Waals surface area contributed by atoms with Gasteiger partial charge in [-0.05, 0) is 25.2 Å². The van der Waals surface area contributed by atoms with Crippen LogP contribution in [0.25, 0.3) is 0 Å². The summed E-state index contributed by atoms with van der Waals surface area (Å²) in [5, 5.41) is 8.96. The zero-order valence-electron chi connectivity index (χ0n) is 11.5. The van der Waals surface area contributed by atoms with E-state index >= 15 is 0 Å². The van der Waals surface area contributed by atoms with Gasteiger partial charge >= 0.3 is 5.97 Å². The zero-order chi connectivity index (χ0) is 14.1. The number of hydrogen-bond acceptors (Lipinski definition) is 3. The average molecular weight is 277 g/mol. The Morgan fingerprint density at radius 2 is 1.94 bits per heavy atom.